The minimum atomic E-state index is -0.0538. The molecule has 0 aliphatic heterocycles. The Kier molecular flexibility index (Phi) is 5.60. The minimum Gasteiger partial charge on any atom is -0.395 e. The van der Waals surface area contributed by atoms with Crippen LogP contribution in [0.25, 0.3) is 0 Å². The van der Waals surface area contributed by atoms with Crippen LogP contribution in [0.2, 0.25) is 0 Å². The first-order chi connectivity index (χ1) is 7.27. The molecule has 1 rings (SSSR count). The zero-order valence-corrected chi connectivity index (χ0v) is 8.98. The summed E-state index contributed by atoms with van der Waals surface area (Å²) in [5.74, 6) is -0.00810. The largest absolute Gasteiger partial charge is 0.395 e. The van der Waals surface area contributed by atoms with Gasteiger partial charge in [0.15, 0.2) is 0 Å². The molecule has 0 bridgehead atoms. The average molecular weight is 216 g/mol. The van der Waals surface area contributed by atoms with Crippen molar-refractivity contribution in [3.8, 4) is 0 Å². The van der Waals surface area contributed by atoms with Gasteiger partial charge in [-0.1, -0.05) is 0 Å². The predicted octanol–water partition coefficient (Wildman–Crippen LogP) is -1.06. The Hall–Kier alpha value is -0.650. The van der Waals surface area contributed by atoms with E-state index < -0.39 is 0 Å². The Balaban J connectivity index is 2.14. The number of hydrogen-bond acceptors (Lipinski definition) is 4. The molecule has 0 atom stereocenters. The molecule has 0 heterocycles. The fraction of sp³-hybridized carbons (Fsp3) is 0.900. The molecular weight excluding hydrogens is 196 g/mol. The van der Waals surface area contributed by atoms with Crippen molar-refractivity contribution in [1.82, 2.24) is 10.2 Å². The number of carbonyl (C=O) groups is 1. The number of nitrogens with one attached hydrogen (secondary N) is 1. The number of hydrogen-bond donors (Lipinski definition) is 3. The van der Waals surface area contributed by atoms with Crippen molar-refractivity contribution < 1.29 is 15.0 Å². The molecule has 5 nitrogen and oxygen atoms in total. The summed E-state index contributed by atoms with van der Waals surface area (Å²) in [6, 6.07) is 0.613. The maximum atomic E-state index is 11.6. The molecule has 1 saturated carbocycles. The van der Waals surface area contributed by atoms with Crippen molar-refractivity contribution in [1.29, 1.82) is 0 Å². The zero-order chi connectivity index (χ0) is 11.1. The molecule has 3 N–H and O–H groups in total. The average Bonchev–Trinajstić information content (AvgIpc) is 3.01. The first-order valence-corrected chi connectivity index (χ1v) is 5.50. The van der Waals surface area contributed by atoms with Crippen LogP contribution in [0.4, 0.5) is 0 Å². The topological polar surface area (TPSA) is 72.8 Å². The van der Waals surface area contributed by atoms with Crippen molar-refractivity contribution in [3.05, 3.63) is 0 Å². The molecule has 5 heteroatoms. The minimum absolute atomic E-state index is 0.00810. The molecule has 0 aromatic heterocycles. The number of rotatable bonds is 8. The Bertz CT molecular complexity index is 189. The van der Waals surface area contributed by atoms with Crippen LogP contribution >= 0.6 is 0 Å². The molecule has 0 unspecified atom stereocenters. The van der Waals surface area contributed by atoms with Crippen LogP contribution in [0.5, 0.6) is 0 Å². The van der Waals surface area contributed by atoms with E-state index in [2.05, 4.69) is 5.32 Å². The van der Waals surface area contributed by atoms with Gasteiger partial charge in [0.25, 0.3) is 0 Å². The van der Waals surface area contributed by atoms with E-state index in [0.29, 0.717) is 32.1 Å². The predicted molar refractivity (Wildman–Crippen MR) is 56.4 cm³/mol. The molecule has 0 radical (unpaired) electrons. The third kappa shape index (κ3) is 5.11. The van der Waals surface area contributed by atoms with Crippen molar-refractivity contribution in [2.45, 2.75) is 25.3 Å². The molecular formula is C10H20N2O3. The molecule has 0 spiro atoms. The fourth-order valence-electron chi connectivity index (χ4n) is 1.43. The molecule has 15 heavy (non-hydrogen) atoms. The van der Waals surface area contributed by atoms with E-state index >= 15 is 0 Å². The van der Waals surface area contributed by atoms with E-state index in [0.717, 1.165) is 0 Å². The molecule has 0 aromatic rings. The number of nitrogens with zero attached hydrogens (tertiary/aromatic N) is 1. The van der Waals surface area contributed by atoms with Crippen LogP contribution in [-0.2, 0) is 4.79 Å². The lowest BCUT2D eigenvalue weighted by atomic mass is 10.3. The first kappa shape index (κ1) is 12.4. The third-order valence-corrected chi connectivity index (χ3v) is 2.44. The van der Waals surface area contributed by atoms with Crippen LogP contribution in [0.15, 0.2) is 0 Å². The van der Waals surface area contributed by atoms with Crippen molar-refractivity contribution in [3.63, 3.8) is 0 Å². The van der Waals surface area contributed by atoms with E-state index in [9.17, 15) is 4.79 Å². The van der Waals surface area contributed by atoms with Crippen LogP contribution in [0.1, 0.15) is 19.3 Å². The number of amides is 1. The fourth-order valence-corrected chi connectivity index (χ4v) is 1.43. The van der Waals surface area contributed by atoms with Gasteiger partial charge >= 0.3 is 0 Å². The second kappa shape index (κ2) is 6.76. The normalized spacial score (nSPS) is 15.3. The quantitative estimate of drug-likeness (QED) is 0.484. The summed E-state index contributed by atoms with van der Waals surface area (Å²) < 4.78 is 0. The number of carbonyl (C=O) groups excluding carboxylic acids is 1. The maximum absolute atomic E-state index is 11.6. The Labute approximate surface area is 90.1 Å². The van der Waals surface area contributed by atoms with Gasteiger partial charge in [-0.3, -0.25) is 4.79 Å². The number of aliphatic hydroxyl groups is 2. The van der Waals surface area contributed by atoms with Gasteiger partial charge in [0.2, 0.25) is 5.91 Å². The van der Waals surface area contributed by atoms with Gasteiger partial charge in [-0.25, -0.2) is 0 Å². The van der Waals surface area contributed by atoms with E-state index in [1.807, 2.05) is 0 Å². The van der Waals surface area contributed by atoms with Gasteiger partial charge < -0.3 is 20.4 Å². The highest BCUT2D eigenvalue weighted by molar-refractivity contribution is 5.76. The third-order valence-electron chi connectivity index (χ3n) is 2.44. The molecule has 1 aliphatic rings. The Morgan fingerprint density at radius 3 is 2.33 bits per heavy atom. The maximum Gasteiger partial charge on any atom is 0.224 e. The summed E-state index contributed by atoms with van der Waals surface area (Å²) in [6.07, 6.45) is 2.87. The molecule has 88 valence electrons. The number of aliphatic hydroxyl groups excluding tert-OH is 2. The van der Waals surface area contributed by atoms with Crippen LogP contribution in [-0.4, -0.2) is 59.9 Å². The van der Waals surface area contributed by atoms with Crippen molar-refractivity contribution >= 4 is 5.91 Å². The second-order valence-electron chi connectivity index (χ2n) is 3.81. The van der Waals surface area contributed by atoms with E-state index in [1.165, 1.54) is 17.7 Å². The summed E-state index contributed by atoms with van der Waals surface area (Å²) in [7, 11) is 0. The van der Waals surface area contributed by atoms with Crippen molar-refractivity contribution in [2.75, 3.05) is 32.8 Å². The summed E-state index contributed by atoms with van der Waals surface area (Å²) in [5, 5.41) is 20.7. The Morgan fingerprint density at radius 1 is 1.27 bits per heavy atom. The molecule has 0 saturated heterocycles. The smallest absolute Gasteiger partial charge is 0.224 e. The van der Waals surface area contributed by atoms with Gasteiger partial charge in [-0.05, 0) is 12.8 Å². The zero-order valence-electron chi connectivity index (χ0n) is 8.98. The van der Waals surface area contributed by atoms with Crippen molar-refractivity contribution in [2.24, 2.45) is 0 Å². The Morgan fingerprint density at radius 2 is 1.87 bits per heavy atom. The molecule has 1 aliphatic carbocycles. The lowest BCUT2D eigenvalue weighted by Crippen LogP contribution is -2.37. The monoisotopic (exact) mass is 216 g/mol. The SMILES string of the molecule is O=C(CCNC1CC1)N(CCO)CCO. The van der Waals surface area contributed by atoms with Gasteiger partial charge in [0, 0.05) is 32.1 Å². The lowest BCUT2D eigenvalue weighted by molar-refractivity contribution is -0.132. The highest BCUT2D eigenvalue weighted by Gasteiger charge is 2.20. The van der Waals surface area contributed by atoms with Gasteiger partial charge in [0.1, 0.15) is 0 Å². The highest BCUT2D eigenvalue weighted by atomic mass is 16.3. The summed E-state index contributed by atoms with van der Waals surface area (Å²) in [5.41, 5.74) is 0. The van der Waals surface area contributed by atoms with Crippen LogP contribution in [0, 0.1) is 0 Å². The molecule has 0 aromatic carbocycles. The lowest BCUT2D eigenvalue weighted by Gasteiger charge is -2.20. The van der Waals surface area contributed by atoms with Gasteiger partial charge in [-0.2, -0.15) is 0 Å². The van der Waals surface area contributed by atoms with Crippen LogP contribution in [0.3, 0.4) is 0 Å². The summed E-state index contributed by atoms with van der Waals surface area (Å²) in [4.78, 5) is 13.1. The van der Waals surface area contributed by atoms with Gasteiger partial charge in [0.05, 0.1) is 13.2 Å². The summed E-state index contributed by atoms with van der Waals surface area (Å²) >= 11 is 0. The molecule has 1 fully saturated rings. The second-order valence-corrected chi connectivity index (χ2v) is 3.81. The highest BCUT2D eigenvalue weighted by Crippen LogP contribution is 2.18. The molecule has 1 amide bonds. The van der Waals surface area contributed by atoms with E-state index in [1.54, 1.807) is 0 Å². The van der Waals surface area contributed by atoms with E-state index in [4.69, 9.17) is 10.2 Å². The standard InChI is InChI=1S/C10H20N2O3/c13-7-5-12(6-8-14)10(15)3-4-11-9-1-2-9/h9,11,13-14H,1-8H2. The summed E-state index contributed by atoms with van der Waals surface area (Å²) in [6.45, 7) is 1.20. The van der Waals surface area contributed by atoms with Crippen LogP contribution < -0.4 is 5.32 Å². The van der Waals surface area contributed by atoms with Gasteiger partial charge in [-0.15, -0.1) is 0 Å². The first-order valence-electron chi connectivity index (χ1n) is 5.50. The van der Waals surface area contributed by atoms with E-state index in [-0.39, 0.29) is 19.1 Å².